The number of anilines is 1. The van der Waals surface area contributed by atoms with Gasteiger partial charge in [-0.15, -0.1) is 13.2 Å². The highest BCUT2D eigenvalue weighted by molar-refractivity contribution is 6.07. The molecule has 2 amide bonds. The van der Waals surface area contributed by atoms with Crippen LogP contribution in [-0.2, 0) is 6.18 Å². The van der Waals surface area contributed by atoms with E-state index in [0.717, 1.165) is 49.6 Å². The zero-order valence-corrected chi connectivity index (χ0v) is 18.5. The Bertz CT molecular complexity index is 1340. The molecular weight excluding hydrogens is 517 g/mol. The molecule has 0 heterocycles. The minimum Gasteiger partial charge on any atom is -0.493 e. The lowest BCUT2D eigenvalue weighted by molar-refractivity contribution is -0.274. The molecule has 3 aromatic rings. The first-order chi connectivity index (χ1) is 17.2. The van der Waals surface area contributed by atoms with Crippen molar-refractivity contribution in [2.45, 2.75) is 12.5 Å². The summed E-state index contributed by atoms with van der Waals surface area (Å²) >= 11 is 0. The van der Waals surface area contributed by atoms with Gasteiger partial charge in [-0.2, -0.15) is 13.2 Å². The van der Waals surface area contributed by atoms with Crippen LogP contribution in [0.3, 0.4) is 0 Å². The molecule has 37 heavy (non-hydrogen) atoms. The monoisotopic (exact) mass is 532 g/mol. The van der Waals surface area contributed by atoms with Gasteiger partial charge < -0.3 is 25.3 Å². The molecule has 0 aromatic heterocycles. The quantitative estimate of drug-likeness (QED) is 0.370. The van der Waals surface area contributed by atoms with Gasteiger partial charge in [-0.25, -0.2) is 4.39 Å². The molecule has 0 spiro atoms. The summed E-state index contributed by atoms with van der Waals surface area (Å²) in [5.74, 6) is -5.15. The maximum absolute atomic E-state index is 13.7. The highest BCUT2D eigenvalue weighted by Gasteiger charge is 2.33. The zero-order chi connectivity index (χ0) is 27.5. The number of alkyl halides is 6. The zero-order valence-electron chi connectivity index (χ0n) is 18.5. The maximum Gasteiger partial charge on any atom is 0.573 e. The normalized spacial score (nSPS) is 11.6. The minimum atomic E-state index is -5.02. The van der Waals surface area contributed by atoms with Crippen LogP contribution in [0.4, 0.5) is 36.4 Å². The van der Waals surface area contributed by atoms with Crippen molar-refractivity contribution >= 4 is 17.5 Å². The van der Waals surface area contributed by atoms with E-state index < -0.39 is 58.4 Å². The van der Waals surface area contributed by atoms with Crippen LogP contribution in [0.5, 0.6) is 23.0 Å². The Labute approximate surface area is 203 Å². The predicted molar refractivity (Wildman–Crippen MR) is 114 cm³/mol. The summed E-state index contributed by atoms with van der Waals surface area (Å²) in [5, 5.41) is 2.28. The topological polar surface area (TPSA) is 99.9 Å². The second-order valence-electron chi connectivity index (χ2n) is 7.18. The highest BCUT2D eigenvalue weighted by atomic mass is 19.4. The van der Waals surface area contributed by atoms with Crippen molar-refractivity contribution in [3.8, 4) is 23.0 Å². The molecule has 3 N–H and O–H groups in total. The van der Waals surface area contributed by atoms with Gasteiger partial charge in [0.05, 0.1) is 23.8 Å². The van der Waals surface area contributed by atoms with Gasteiger partial charge in [-0.3, -0.25) is 9.59 Å². The SMILES string of the molecule is COc1cc(OC(F)(F)F)ccc1Oc1cc(C(F)(F)F)ccc1C(=O)Nc1ccc(F)c(C(N)=O)c1. The number of ether oxygens (including phenoxy) is 3. The van der Waals surface area contributed by atoms with E-state index >= 15 is 0 Å². The molecule has 0 atom stereocenters. The van der Waals surface area contributed by atoms with Gasteiger partial charge in [-0.05, 0) is 48.5 Å². The number of hydrogen-bond acceptors (Lipinski definition) is 5. The summed E-state index contributed by atoms with van der Waals surface area (Å²) in [4.78, 5) is 24.2. The molecule has 0 radical (unpaired) electrons. The second kappa shape index (κ2) is 10.2. The molecule has 0 saturated carbocycles. The largest absolute Gasteiger partial charge is 0.573 e. The first-order valence-corrected chi connectivity index (χ1v) is 9.91. The fourth-order valence-electron chi connectivity index (χ4n) is 3.01. The third-order valence-corrected chi connectivity index (χ3v) is 4.63. The lowest BCUT2D eigenvalue weighted by atomic mass is 10.1. The smallest absolute Gasteiger partial charge is 0.493 e. The number of nitrogens with one attached hydrogen (secondary N) is 1. The number of benzene rings is 3. The molecule has 3 rings (SSSR count). The van der Waals surface area contributed by atoms with Crippen LogP contribution in [0.2, 0.25) is 0 Å². The molecule has 0 unspecified atom stereocenters. The molecule has 196 valence electrons. The first kappa shape index (κ1) is 27.1. The van der Waals surface area contributed by atoms with Crippen LogP contribution in [0.15, 0.2) is 54.6 Å². The van der Waals surface area contributed by atoms with Gasteiger partial charge in [0.1, 0.15) is 17.3 Å². The lowest BCUT2D eigenvalue weighted by Gasteiger charge is -2.17. The molecule has 7 nitrogen and oxygen atoms in total. The fourth-order valence-corrected chi connectivity index (χ4v) is 3.01. The Morgan fingerprint density at radius 1 is 0.838 bits per heavy atom. The summed E-state index contributed by atoms with van der Waals surface area (Å²) in [7, 11) is 1.06. The summed E-state index contributed by atoms with van der Waals surface area (Å²) < 4.78 is 105. The van der Waals surface area contributed by atoms with Crippen molar-refractivity contribution < 1.29 is 54.5 Å². The molecule has 0 fully saturated rings. The first-order valence-electron chi connectivity index (χ1n) is 9.91. The van der Waals surface area contributed by atoms with Crippen molar-refractivity contribution in [3.05, 3.63) is 77.1 Å². The Morgan fingerprint density at radius 3 is 2.14 bits per heavy atom. The Morgan fingerprint density at radius 2 is 1.54 bits per heavy atom. The van der Waals surface area contributed by atoms with Gasteiger partial charge in [0.2, 0.25) is 0 Å². The van der Waals surface area contributed by atoms with Crippen molar-refractivity contribution in [1.82, 2.24) is 0 Å². The van der Waals surface area contributed by atoms with Crippen LogP contribution < -0.4 is 25.3 Å². The van der Waals surface area contributed by atoms with Crippen LogP contribution in [0, 0.1) is 5.82 Å². The molecule has 0 saturated heterocycles. The number of carbonyl (C=O) groups is 2. The van der Waals surface area contributed by atoms with Crippen molar-refractivity contribution in [2.24, 2.45) is 5.73 Å². The van der Waals surface area contributed by atoms with Crippen molar-refractivity contribution in [3.63, 3.8) is 0 Å². The lowest BCUT2D eigenvalue weighted by Crippen LogP contribution is -2.17. The Hall–Kier alpha value is -4.49. The average molecular weight is 532 g/mol. The van der Waals surface area contributed by atoms with E-state index in [0.29, 0.717) is 12.1 Å². The molecule has 14 heteroatoms. The number of amides is 2. The third kappa shape index (κ3) is 6.80. The standard InChI is InChI=1S/C23H15F7N2O5/c1-35-19-10-13(37-23(28,29)30)4-7-17(19)36-18-8-11(22(25,26)27)2-5-14(18)21(34)32-12-3-6-16(24)15(9-12)20(31)33/h2-10H,1H3,(H2,31,33)(H,32,34). The summed E-state index contributed by atoms with van der Waals surface area (Å²) in [6.07, 6.45) is -9.86. The van der Waals surface area contributed by atoms with Gasteiger partial charge >= 0.3 is 12.5 Å². The number of methoxy groups -OCH3 is 1. The average Bonchev–Trinajstić information content (AvgIpc) is 2.79. The minimum absolute atomic E-state index is 0.114. The number of carbonyl (C=O) groups excluding carboxylic acids is 2. The second-order valence-corrected chi connectivity index (χ2v) is 7.18. The molecule has 0 aliphatic rings. The summed E-state index contributed by atoms with van der Waals surface area (Å²) in [6, 6.07) is 7.25. The van der Waals surface area contributed by atoms with E-state index in [-0.39, 0.29) is 17.2 Å². The number of nitrogens with two attached hydrogens (primary N) is 1. The van der Waals surface area contributed by atoms with E-state index in [9.17, 15) is 40.3 Å². The molecular formula is C23H15F7N2O5. The summed E-state index contributed by atoms with van der Waals surface area (Å²) in [5.41, 5.74) is 2.75. The Kier molecular flexibility index (Phi) is 7.50. The van der Waals surface area contributed by atoms with Crippen LogP contribution in [0.25, 0.3) is 0 Å². The number of halogens is 7. The number of primary amides is 1. The van der Waals surface area contributed by atoms with Crippen LogP contribution in [0.1, 0.15) is 26.3 Å². The van der Waals surface area contributed by atoms with Gasteiger partial charge in [0.15, 0.2) is 11.5 Å². The summed E-state index contributed by atoms with van der Waals surface area (Å²) in [6.45, 7) is 0. The molecule has 0 bridgehead atoms. The van der Waals surface area contributed by atoms with Gasteiger partial charge in [-0.1, -0.05) is 0 Å². The van der Waals surface area contributed by atoms with E-state index in [1.165, 1.54) is 0 Å². The Balaban J connectivity index is 2.00. The molecule has 0 aliphatic heterocycles. The molecule has 3 aromatic carbocycles. The molecule has 0 aliphatic carbocycles. The number of rotatable bonds is 7. The van der Waals surface area contributed by atoms with E-state index in [1.807, 2.05) is 0 Å². The van der Waals surface area contributed by atoms with Crippen LogP contribution in [-0.4, -0.2) is 25.3 Å². The van der Waals surface area contributed by atoms with E-state index in [2.05, 4.69) is 10.1 Å². The predicted octanol–water partition coefficient (Wildman–Crippen LogP) is 5.90. The fraction of sp³-hybridized carbons (Fsp3) is 0.130. The number of hydrogen-bond donors (Lipinski definition) is 2. The van der Waals surface area contributed by atoms with E-state index in [4.69, 9.17) is 15.2 Å². The van der Waals surface area contributed by atoms with Crippen LogP contribution >= 0.6 is 0 Å². The van der Waals surface area contributed by atoms with Gasteiger partial charge in [0, 0.05) is 11.8 Å². The third-order valence-electron chi connectivity index (χ3n) is 4.63. The van der Waals surface area contributed by atoms with Gasteiger partial charge in [0.25, 0.3) is 11.8 Å². The van der Waals surface area contributed by atoms with Crippen molar-refractivity contribution in [1.29, 1.82) is 0 Å². The van der Waals surface area contributed by atoms with Crippen molar-refractivity contribution in [2.75, 3.05) is 12.4 Å². The maximum atomic E-state index is 13.7. The highest BCUT2D eigenvalue weighted by Crippen LogP contribution is 2.40. The van der Waals surface area contributed by atoms with E-state index in [1.54, 1.807) is 0 Å².